The quantitative estimate of drug-likeness (QED) is 0.785. The Morgan fingerprint density at radius 3 is 2.30 bits per heavy atom. The highest BCUT2D eigenvalue weighted by molar-refractivity contribution is 5.26. The lowest BCUT2D eigenvalue weighted by molar-refractivity contribution is 0.183. The van der Waals surface area contributed by atoms with Gasteiger partial charge in [-0.15, -0.1) is 0 Å². The van der Waals surface area contributed by atoms with Gasteiger partial charge in [-0.25, -0.2) is 0 Å². The zero-order chi connectivity index (χ0) is 16.1. The minimum absolute atomic E-state index is 0.123. The van der Waals surface area contributed by atoms with E-state index in [-0.39, 0.29) is 23.5 Å². The molecule has 1 atom stereocenters. The van der Waals surface area contributed by atoms with Crippen LogP contribution in [0.1, 0.15) is 23.0 Å². The summed E-state index contributed by atoms with van der Waals surface area (Å²) in [7, 11) is 0. The number of aliphatic hydroxyl groups excluding tert-OH is 1. The molecule has 0 bridgehead atoms. The lowest BCUT2D eigenvalue weighted by atomic mass is 10.1. The summed E-state index contributed by atoms with van der Waals surface area (Å²) in [5, 5.41) is 10.2. The first-order valence-electron chi connectivity index (χ1n) is 7.26. The molecule has 23 heavy (non-hydrogen) atoms. The van der Waals surface area contributed by atoms with E-state index in [1.807, 2.05) is 48.5 Å². The molecule has 0 saturated heterocycles. The summed E-state index contributed by atoms with van der Waals surface area (Å²) in [4.78, 5) is 12.1. The molecule has 1 aromatic heterocycles. The Bertz CT molecular complexity index is 810. The fraction of sp³-hybridized carbons (Fsp3) is 0.105. The third-order valence-corrected chi connectivity index (χ3v) is 3.44. The second-order valence-corrected chi connectivity index (χ2v) is 5.10. The highest BCUT2D eigenvalue weighted by Crippen LogP contribution is 2.21. The van der Waals surface area contributed by atoms with Crippen molar-refractivity contribution in [2.24, 2.45) is 0 Å². The van der Waals surface area contributed by atoms with Crippen molar-refractivity contribution in [1.82, 2.24) is 0 Å². The third-order valence-electron chi connectivity index (χ3n) is 3.44. The van der Waals surface area contributed by atoms with Crippen molar-refractivity contribution < 1.29 is 14.3 Å². The van der Waals surface area contributed by atoms with Crippen LogP contribution in [0.15, 0.2) is 82.2 Å². The van der Waals surface area contributed by atoms with Crippen LogP contribution in [0.2, 0.25) is 0 Å². The Balaban J connectivity index is 1.74. The van der Waals surface area contributed by atoms with Gasteiger partial charge in [-0.05, 0) is 11.1 Å². The zero-order valence-corrected chi connectivity index (χ0v) is 12.4. The second kappa shape index (κ2) is 6.94. The average molecular weight is 308 g/mol. The van der Waals surface area contributed by atoms with Crippen LogP contribution in [0.3, 0.4) is 0 Å². The molecular formula is C19H16O4. The molecule has 0 saturated carbocycles. The number of benzene rings is 2. The third kappa shape index (κ3) is 3.67. The Kier molecular flexibility index (Phi) is 4.54. The molecule has 1 N–H and O–H groups in total. The van der Waals surface area contributed by atoms with Gasteiger partial charge in [0.05, 0.1) is 0 Å². The first-order valence-corrected chi connectivity index (χ1v) is 7.26. The van der Waals surface area contributed by atoms with Gasteiger partial charge in [-0.2, -0.15) is 0 Å². The van der Waals surface area contributed by atoms with Crippen LogP contribution in [-0.4, -0.2) is 5.11 Å². The molecule has 0 fully saturated rings. The molecule has 2 aromatic carbocycles. The van der Waals surface area contributed by atoms with Crippen LogP contribution in [0.25, 0.3) is 0 Å². The summed E-state index contributed by atoms with van der Waals surface area (Å²) in [5.41, 5.74) is 1.30. The number of hydrogen-bond acceptors (Lipinski definition) is 4. The zero-order valence-electron chi connectivity index (χ0n) is 12.4. The SMILES string of the molecule is O=c1cc(C(O)c2ccccc2)occ1OCc1ccccc1. The fourth-order valence-corrected chi connectivity index (χ4v) is 2.20. The molecule has 1 unspecified atom stereocenters. The van der Waals surface area contributed by atoms with E-state index in [0.29, 0.717) is 5.56 Å². The molecule has 1 heterocycles. The van der Waals surface area contributed by atoms with Crippen molar-refractivity contribution >= 4 is 0 Å². The molecular weight excluding hydrogens is 292 g/mol. The summed E-state index contributed by atoms with van der Waals surface area (Å²) >= 11 is 0. The van der Waals surface area contributed by atoms with E-state index in [9.17, 15) is 9.90 Å². The van der Waals surface area contributed by atoms with Crippen molar-refractivity contribution in [2.45, 2.75) is 12.7 Å². The van der Waals surface area contributed by atoms with Gasteiger partial charge in [0.1, 0.15) is 24.7 Å². The van der Waals surface area contributed by atoms with Crippen LogP contribution in [0.5, 0.6) is 5.75 Å². The van der Waals surface area contributed by atoms with E-state index >= 15 is 0 Å². The topological polar surface area (TPSA) is 59.7 Å². The Morgan fingerprint density at radius 2 is 1.65 bits per heavy atom. The van der Waals surface area contributed by atoms with Crippen molar-refractivity contribution in [3.05, 3.63) is 100 Å². The van der Waals surface area contributed by atoms with Crippen LogP contribution < -0.4 is 10.2 Å². The van der Waals surface area contributed by atoms with E-state index in [0.717, 1.165) is 5.56 Å². The first-order chi connectivity index (χ1) is 11.2. The van der Waals surface area contributed by atoms with Crippen LogP contribution >= 0.6 is 0 Å². The summed E-state index contributed by atoms with van der Waals surface area (Å²) in [6.45, 7) is 0.284. The normalized spacial score (nSPS) is 11.9. The van der Waals surface area contributed by atoms with Gasteiger partial charge in [0.2, 0.25) is 11.2 Å². The Morgan fingerprint density at radius 1 is 1.00 bits per heavy atom. The van der Waals surface area contributed by atoms with Crippen molar-refractivity contribution in [1.29, 1.82) is 0 Å². The first kappa shape index (κ1) is 15.1. The molecule has 4 nitrogen and oxygen atoms in total. The monoisotopic (exact) mass is 308 g/mol. The Labute approximate surface area is 133 Å². The number of rotatable bonds is 5. The minimum atomic E-state index is -0.980. The standard InChI is InChI=1S/C19H16O4/c20-16-11-17(19(21)15-9-5-2-6-10-15)23-13-18(16)22-12-14-7-3-1-4-8-14/h1-11,13,19,21H,12H2. The maximum absolute atomic E-state index is 12.1. The van der Waals surface area contributed by atoms with Gasteiger partial charge in [0.15, 0.2) is 0 Å². The minimum Gasteiger partial charge on any atom is -0.482 e. The van der Waals surface area contributed by atoms with Crippen molar-refractivity contribution in [2.75, 3.05) is 0 Å². The molecule has 0 amide bonds. The van der Waals surface area contributed by atoms with Gasteiger partial charge >= 0.3 is 0 Å². The van der Waals surface area contributed by atoms with Gasteiger partial charge in [0, 0.05) is 6.07 Å². The highest BCUT2D eigenvalue weighted by Gasteiger charge is 2.15. The van der Waals surface area contributed by atoms with E-state index in [4.69, 9.17) is 9.15 Å². The van der Waals surface area contributed by atoms with Gasteiger partial charge in [-0.1, -0.05) is 60.7 Å². The smallest absolute Gasteiger partial charge is 0.227 e. The molecule has 0 aliphatic rings. The summed E-state index contributed by atoms with van der Waals surface area (Å²) in [6, 6.07) is 19.8. The van der Waals surface area contributed by atoms with E-state index < -0.39 is 6.10 Å². The molecule has 0 radical (unpaired) electrons. The molecule has 3 aromatic rings. The maximum atomic E-state index is 12.1. The van der Waals surface area contributed by atoms with Crippen LogP contribution in [0, 0.1) is 0 Å². The van der Waals surface area contributed by atoms with Gasteiger partial charge in [-0.3, -0.25) is 4.79 Å². The largest absolute Gasteiger partial charge is 0.482 e. The number of hydrogen-bond donors (Lipinski definition) is 1. The van der Waals surface area contributed by atoms with E-state index in [1.54, 1.807) is 12.1 Å². The summed E-state index contributed by atoms with van der Waals surface area (Å²) in [6.07, 6.45) is 0.263. The number of ether oxygens (including phenoxy) is 1. The summed E-state index contributed by atoms with van der Waals surface area (Å²) in [5.74, 6) is 0.311. The average Bonchev–Trinajstić information content (AvgIpc) is 2.61. The summed E-state index contributed by atoms with van der Waals surface area (Å²) < 4.78 is 10.8. The molecule has 0 spiro atoms. The predicted molar refractivity (Wildman–Crippen MR) is 86.3 cm³/mol. The highest BCUT2D eigenvalue weighted by atomic mass is 16.5. The molecule has 116 valence electrons. The molecule has 0 aliphatic carbocycles. The second-order valence-electron chi connectivity index (χ2n) is 5.10. The number of aliphatic hydroxyl groups is 1. The Hall–Kier alpha value is -2.85. The van der Waals surface area contributed by atoms with Crippen LogP contribution in [0.4, 0.5) is 0 Å². The van der Waals surface area contributed by atoms with Crippen molar-refractivity contribution in [3.8, 4) is 5.75 Å². The predicted octanol–water partition coefficient (Wildman–Crippen LogP) is 3.30. The van der Waals surface area contributed by atoms with Crippen LogP contribution in [-0.2, 0) is 6.61 Å². The van der Waals surface area contributed by atoms with E-state index in [2.05, 4.69) is 0 Å². The lowest BCUT2D eigenvalue weighted by Crippen LogP contribution is -2.10. The lowest BCUT2D eigenvalue weighted by Gasteiger charge is -2.11. The van der Waals surface area contributed by atoms with Gasteiger partial charge in [0.25, 0.3) is 0 Å². The molecule has 4 heteroatoms. The maximum Gasteiger partial charge on any atom is 0.227 e. The fourth-order valence-electron chi connectivity index (χ4n) is 2.20. The van der Waals surface area contributed by atoms with Crippen molar-refractivity contribution in [3.63, 3.8) is 0 Å². The van der Waals surface area contributed by atoms with Gasteiger partial charge < -0.3 is 14.3 Å². The molecule has 0 aliphatic heterocycles. The van der Waals surface area contributed by atoms with E-state index in [1.165, 1.54) is 12.3 Å². The molecule has 3 rings (SSSR count).